The highest BCUT2D eigenvalue weighted by Crippen LogP contribution is 2.16. The number of ether oxygens (including phenoxy) is 1. The molecular weight excluding hydrogens is 224 g/mol. The Balaban J connectivity index is 3.24. The van der Waals surface area contributed by atoms with E-state index in [9.17, 15) is 13.2 Å². The van der Waals surface area contributed by atoms with Crippen LogP contribution in [0.3, 0.4) is 0 Å². The average molecular weight is 234 g/mol. The molecule has 0 aliphatic carbocycles. The molecule has 0 saturated heterocycles. The van der Waals surface area contributed by atoms with Gasteiger partial charge in [0.05, 0.1) is 6.61 Å². The molecule has 1 heterocycles. The lowest BCUT2D eigenvalue weighted by Gasteiger charge is -1.98. The minimum Gasteiger partial charge on any atom is -0.461 e. The molecule has 0 saturated carbocycles. The quantitative estimate of drug-likeness (QED) is 0.725. The first-order valence-corrected chi connectivity index (χ1v) is 5.58. The first-order chi connectivity index (χ1) is 6.86. The van der Waals surface area contributed by atoms with Gasteiger partial charge in [0.1, 0.15) is 0 Å². The first kappa shape index (κ1) is 11.7. The van der Waals surface area contributed by atoms with Crippen LogP contribution in [0.2, 0.25) is 0 Å². The summed E-state index contributed by atoms with van der Waals surface area (Å²) in [6, 6.07) is 0. The van der Waals surface area contributed by atoms with Gasteiger partial charge in [0, 0.05) is 6.92 Å². The molecule has 0 unspecified atom stereocenters. The second-order valence-electron chi connectivity index (χ2n) is 2.63. The number of carbonyl (C=O) groups excluding carboxylic acids is 1. The summed E-state index contributed by atoms with van der Waals surface area (Å²) in [4.78, 5) is 14.9. The van der Waals surface area contributed by atoms with Crippen molar-refractivity contribution in [2.45, 2.75) is 18.9 Å². The molecule has 0 aliphatic rings. The van der Waals surface area contributed by atoms with Gasteiger partial charge in [-0.2, -0.15) is 0 Å². The maximum atomic E-state index is 11.3. The molecule has 0 fully saturated rings. The minimum atomic E-state index is -4.11. The zero-order valence-electron chi connectivity index (χ0n) is 8.18. The zero-order valence-corrected chi connectivity index (χ0v) is 9.00. The van der Waals surface area contributed by atoms with Crippen LogP contribution in [0.4, 0.5) is 0 Å². The Kier molecular flexibility index (Phi) is 3.10. The Labute approximate surface area is 86.3 Å². The van der Waals surface area contributed by atoms with Gasteiger partial charge in [-0.3, -0.25) is 0 Å². The Morgan fingerprint density at radius 3 is 2.67 bits per heavy atom. The molecular formula is C7H10N2O5S. The van der Waals surface area contributed by atoms with Crippen molar-refractivity contribution in [2.75, 3.05) is 6.61 Å². The average Bonchev–Trinajstić information content (AvgIpc) is 2.47. The van der Waals surface area contributed by atoms with E-state index in [1.807, 2.05) is 0 Å². The van der Waals surface area contributed by atoms with Crippen LogP contribution in [0.5, 0.6) is 0 Å². The third kappa shape index (κ3) is 2.54. The predicted molar refractivity (Wildman–Crippen MR) is 48.6 cm³/mol. The molecule has 0 radical (unpaired) electrons. The van der Waals surface area contributed by atoms with E-state index in [0.717, 1.165) is 0 Å². The summed E-state index contributed by atoms with van der Waals surface area (Å²) in [6.45, 7) is 3.09. The molecule has 2 N–H and O–H groups in total. The summed E-state index contributed by atoms with van der Waals surface area (Å²) in [5, 5.41) is 4.17. The van der Waals surface area contributed by atoms with Gasteiger partial charge in [-0.1, -0.05) is 0 Å². The van der Waals surface area contributed by atoms with Crippen LogP contribution in [0.25, 0.3) is 0 Å². The van der Waals surface area contributed by atoms with E-state index in [2.05, 4.69) is 9.72 Å². The lowest BCUT2D eigenvalue weighted by Crippen LogP contribution is -2.16. The Morgan fingerprint density at radius 2 is 2.20 bits per heavy atom. The fraction of sp³-hybridized carbons (Fsp3) is 0.429. The lowest BCUT2D eigenvalue weighted by atomic mass is 10.5. The van der Waals surface area contributed by atoms with Gasteiger partial charge in [0.2, 0.25) is 5.69 Å². The Bertz CT molecular complexity index is 476. The molecule has 84 valence electrons. The van der Waals surface area contributed by atoms with E-state index in [4.69, 9.17) is 9.56 Å². The van der Waals surface area contributed by atoms with Gasteiger partial charge < -0.3 is 9.15 Å². The molecule has 0 spiro atoms. The SMILES string of the molecule is CCOC(=O)c1nc(C)oc1S(N)(=O)=O. The fourth-order valence-electron chi connectivity index (χ4n) is 0.930. The second-order valence-corrected chi connectivity index (χ2v) is 4.10. The summed E-state index contributed by atoms with van der Waals surface area (Å²) in [6.07, 6.45) is 0. The number of oxazole rings is 1. The highest BCUT2D eigenvalue weighted by Gasteiger charge is 2.27. The number of hydrogen-bond donors (Lipinski definition) is 1. The number of hydrogen-bond acceptors (Lipinski definition) is 6. The van der Waals surface area contributed by atoms with Crippen LogP contribution >= 0.6 is 0 Å². The highest BCUT2D eigenvalue weighted by atomic mass is 32.2. The second kappa shape index (κ2) is 3.99. The standard InChI is InChI=1S/C7H10N2O5S/c1-3-13-6(10)5-7(15(8,11)12)14-4(2)9-5/h3H2,1-2H3,(H2,8,11,12). The van der Waals surface area contributed by atoms with E-state index >= 15 is 0 Å². The normalized spacial score (nSPS) is 11.4. The van der Waals surface area contributed by atoms with Crippen LogP contribution in [-0.4, -0.2) is 26.0 Å². The van der Waals surface area contributed by atoms with Crippen LogP contribution in [-0.2, 0) is 14.8 Å². The van der Waals surface area contributed by atoms with Crippen molar-refractivity contribution >= 4 is 16.0 Å². The van der Waals surface area contributed by atoms with Crippen molar-refractivity contribution in [2.24, 2.45) is 5.14 Å². The smallest absolute Gasteiger partial charge is 0.361 e. The van der Waals surface area contributed by atoms with Gasteiger partial charge in [-0.05, 0) is 6.92 Å². The van der Waals surface area contributed by atoms with Crippen molar-refractivity contribution in [1.29, 1.82) is 0 Å². The van der Waals surface area contributed by atoms with Gasteiger partial charge in [0.15, 0.2) is 5.89 Å². The molecule has 1 rings (SSSR count). The summed E-state index contributed by atoms with van der Waals surface area (Å²) >= 11 is 0. The first-order valence-electron chi connectivity index (χ1n) is 4.03. The third-order valence-electron chi connectivity index (χ3n) is 1.43. The van der Waals surface area contributed by atoms with Gasteiger partial charge in [0.25, 0.3) is 15.1 Å². The van der Waals surface area contributed by atoms with Gasteiger partial charge >= 0.3 is 5.97 Å². The summed E-state index contributed by atoms with van der Waals surface area (Å²) in [5.41, 5.74) is -0.420. The van der Waals surface area contributed by atoms with Crippen molar-refractivity contribution in [3.63, 3.8) is 0 Å². The van der Waals surface area contributed by atoms with E-state index in [0.29, 0.717) is 0 Å². The number of primary sulfonamides is 1. The molecule has 15 heavy (non-hydrogen) atoms. The molecule has 0 amide bonds. The maximum absolute atomic E-state index is 11.3. The van der Waals surface area contributed by atoms with Crippen LogP contribution in [0, 0.1) is 6.92 Å². The monoisotopic (exact) mass is 234 g/mol. The van der Waals surface area contributed by atoms with E-state index in [1.54, 1.807) is 6.92 Å². The van der Waals surface area contributed by atoms with E-state index in [1.165, 1.54) is 6.92 Å². The predicted octanol–water partition coefficient (Wildman–Crippen LogP) is -0.193. The number of aryl methyl sites for hydroxylation is 1. The maximum Gasteiger partial charge on any atom is 0.361 e. The third-order valence-corrected chi connectivity index (χ3v) is 2.22. The summed E-state index contributed by atoms with van der Waals surface area (Å²) in [7, 11) is -4.11. The molecule has 1 aromatic heterocycles. The minimum absolute atomic E-state index is 0.0297. The van der Waals surface area contributed by atoms with Crippen molar-refractivity contribution < 1.29 is 22.4 Å². The molecule has 8 heteroatoms. The van der Waals surface area contributed by atoms with E-state index < -0.39 is 26.8 Å². The van der Waals surface area contributed by atoms with E-state index in [-0.39, 0.29) is 12.5 Å². The highest BCUT2D eigenvalue weighted by molar-refractivity contribution is 7.89. The Morgan fingerprint density at radius 1 is 1.60 bits per heavy atom. The molecule has 0 atom stereocenters. The van der Waals surface area contributed by atoms with Crippen molar-refractivity contribution in [1.82, 2.24) is 4.98 Å². The van der Waals surface area contributed by atoms with Gasteiger partial charge in [-0.25, -0.2) is 23.3 Å². The number of aromatic nitrogens is 1. The van der Waals surface area contributed by atoms with Gasteiger partial charge in [-0.15, -0.1) is 0 Å². The number of sulfonamides is 1. The summed E-state index contributed by atoms with van der Waals surface area (Å²) < 4.78 is 31.3. The molecule has 0 aromatic carbocycles. The molecule has 0 aliphatic heterocycles. The number of nitrogens with two attached hydrogens (primary N) is 1. The molecule has 1 aromatic rings. The molecule has 0 bridgehead atoms. The van der Waals surface area contributed by atoms with Crippen molar-refractivity contribution in [3.05, 3.63) is 11.6 Å². The topological polar surface area (TPSA) is 112 Å². The van der Waals surface area contributed by atoms with Crippen molar-refractivity contribution in [3.8, 4) is 0 Å². The fourth-order valence-corrected chi connectivity index (χ4v) is 1.56. The number of carbonyl (C=O) groups is 1. The van der Waals surface area contributed by atoms with Crippen LogP contribution < -0.4 is 5.14 Å². The largest absolute Gasteiger partial charge is 0.461 e. The number of nitrogens with zero attached hydrogens (tertiary/aromatic N) is 1. The zero-order chi connectivity index (χ0) is 11.6. The molecule has 7 nitrogen and oxygen atoms in total. The number of rotatable bonds is 3. The van der Waals surface area contributed by atoms with Crippen LogP contribution in [0.1, 0.15) is 23.3 Å². The summed E-state index contributed by atoms with van der Waals surface area (Å²) in [5.74, 6) is -0.847. The number of esters is 1. The van der Waals surface area contributed by atoms with Crippen LogP contribution in [0.15, 0.2) is 9.51 Å². The Hall–Kier alpha value is -1.41. The lowest BCUT2D eigenvalue weighted by molar-refractivity contribution is 0.0512.